The van der Waals surface area contributed by atoms with E-state index >= 15 is 0 Å². The Bertz CT molecular complexity index is 542. The van der Waals surface area contributed by atoms with Crippen molar-refractivity contribution in [3.8, 4) is 5.75 Å². The van der Waals surface area contributed by atoms with Crippen molar-refractivity contribution >= 4 is 35.6 Å². The van der Waals surface area contributed by atoms with Gasteiger partial charge in [-0.3, -0.25) is 4.99 Å². The summed E-state index contributed by atoms with van der Waals surface area (Å²) in [5, 5.41) is 6.68. The van der Waals surface area contributed by atoms with Gasteiger partial charge < -0.3 is 25.0 Å². The Morgan fingerprint density at radius 3 is 2.88 bits per heavy atom. The summed E-state index contributed by atoms with van der Waals surface area (Å²) in [6.45, 7) is 7.57. The van der Waals surface area contributed by atoms with Crippen LogP contribution in [-0.4, -0.2) is 59.5 Å². The van der Waals surface area contributed by atoms with Gasteiger partial charge in [-0.2, -0.15) is 0 Å². The van der Waals surface area contributed by atoms with E-state index in [1.807, 2.05) is 12.1 Å². The Kier molecular flexibility index (Phi) is 11.4. The fourth-order valence-corrected chi connectivity index (χ4v) is 3.01. The van der Waals surface area contributed by atoms with Crippen molar-refractivity contribution in [1.29, 1.82) is 0 Å². The third-order valence-electron chi connectivity index (χ3n) is 4.37. The second-order valence-electron chi connectivity index (χ2n) is 6.29. The monoisotopic (exact) mass is 476 g/mol. The molecular formula is C19H33IN4O2. The number of nitrogens with one attached hydrogen (secondary N) is 2. The van der Waals surface area contributed by atoms with E-state index in [0.29, 0.717) is 5.92 Å². The van der Waals surface area contributed by atoms with E-state index < -0.39 is 0 Å². The molecule has 0 bridgehead atoms. The predicted molar refractivity (Wildman–Crippen MR) is 119 cm³/mol. The average molecular weight is 476 g/mol. The van der Waals surface area contributed by atoms with Crippen molar-refractivity contribution in [3.63, 3.8) is 0 Å². The molecule has 1 heterocycles. The first-order valence-electron chi connectivity index (χ1n) is 9.17. The molecule has 1 aromatic rings. The quantitative estimate of drug-likeness (QED) is 0.249. The molecule has 1 atom stereocenters. The van der Waals surface area contributed by atoms with Gasteiger partial charge in [-0.1, -0.05) is 6.07 Å². The lowest BCUT2D eigenvalue weighted by molar-refractivity contribution is 0.195. The molecule has 0 aliphatic carbocycles. The second-order valence-corrected chi connectivity index (χ2v) is 6.29. The van der Waals surface area contributed by atoms with Crippen molar-refractivity contribution in [2.24, 2.45) is 10.9 Å². The first-order chi connectivity index (χ1) is 12.3. The Labute approximate surface area is 174 Å². The van der Waals surface area contributed by atoms with Crippen LogP contribution < -0.4 is 20.3 Å². The highest BCUT2D eigenvalue weighted by Crippen LogP contribution is 2.26. The zero-order chi connectivity index (χ0) is 17.9. The Hall–Kier alpha value is -1.22. The number of aliphatic imine (C=N–C) groups is 1. The van der Waals surface area contributed by atoms with Crippen LogP contribution in [0.25, 0.3) is 0 Å². The summed E-state index contributed by atoms with van der Waals surface area (Å²) >= 11 is 0. The van der Waals surface area contributed by atoms with Gasteiger partial charge in [0, 0.05) is 58.2 Å². The number of halogens is 1. The summed E-state index contributed by atoms with van der Waals surface area (Å²) in [6, 6.07) is 8.29. The maximum atomic E-state index is 5.33. The molecule has 6 nitrogen and oxygen atoms in total. The molecular weight excluding hydrogens is 443 g/mol. The van der Waals surface area contributed by atoms with Gasteiger partial charge in [-0.25, -0.2) is 0 Å². The molecule has 7 heteroatoms. The number of hydrogen-bond acceptors (Lipinski definition) is 4. The number of hydrogen-bond donors (Lipinski definition) is 2. The van der Waals surface area contributed by atoms with Crippen molar-refractivity contribution in [3.05, 3.63) is 24.3 Å². The molecule has 0 spiro atoms. The molecule has 2 rings (SSSR count). The number of anilines is 1. The van der Waals surface area contributed by atoms with Gasteiger partial charge in [0.05, 0.1) is 7.11 Å². The predicted octanol–water partition coefficient (Wildman–Crippen LogP) is 2.73. The van der Waals surface area contributed by atoms with Gasteiger partial charge in [0.2, 0.25) is 0 Å². The van der Waals surface area contributed by atoms with Crippen molar-refractivity contribution in [1.82, 2.24) is 10.6 Å². The van der Waals surface area contributed by atoms with Crippen LogP contribution in [0.15, 0.2) is 29.3 Å². The normalized spacial score (nSPS) is 17.0. The smallest absolute Gasteiger partial charge is 0.191 e. The summed E-state index contributed by atoms with van der Waals surface area (Å²) in [7, 11) is 3.44. The van der Waals surface area contributed by atoms with E-state index in [4.69, 9.17) is 14.5 Å². The van der Waals surface area contributed by atoms with E-state index in [9.17, 15) is 0 Å². The molecule has 1 aliphatic rings. The Balaban J connectivity index is 0.00000338. The lowest BCUT2D eigenvalue weighted by Crippen LogP contribution is -2.38. The van der Waals surface area contributed by atoms with Crippen molar-refractivity contribution in [2.75, 3.05) is 58.5 Å². The minimum absolute atomic E-state index is 0. The summed E-state index contributed by atoms with van der Waals surface area (Å²) < 4.78 is 10.4. The third-order valence-corrected chi connectivity index (χ3v) is 4.37. The number of rotatable bonds is 9. The number of nitrogens with zero attached hydrogens (tertiary/aromatic N) is 2. The van der Waals surface area contributed by atoms with Crippen LogP contribution in [-0.2, 0) is 4.74 Å². The molecule has 0 saturated carbocycles. The molecule has 0 aromatic heterocycles. The van der Waals surface area contributed by atoms with Crippen molar-refractivity contribution in [2.45, 2.75) is 19.8 Å². The SMILES string of the molecule is CCNC(=NCC1CCN(c2cccc(OC)c2)C1)NCCCOC.I. The first kappa shape index (κ1) is 22.8. The molecule has 0 radical (unpaired) electrons. The summed E-state index contributed by atoms with van der Waals surface area (Å²) in [5.74, 6) is 2.40. The van der Waals surface area contributed by atoms with Gasteiger partial charge in [-0.05, 0) is 37.8 Å². The first-order valence-corrected chi connectivity index (χ1v) is 9.17. The topological polar surface area (TPSA) is 58.1 Å². The van der Waals surface area contributed by atoms with E-state index in [2.05, 4.69) is 34.6 Å². The van der Waals surface area contributed by atoms with E-state index in [1.54, 1.807) is 14.2 Å². The fraction of sp³-hybridized carbons (Fsp3) is 0.632. The molecule has 1 aliphatic heterocycles. The van der Waals surface area contributed by atoms with Crippen LogP contribution in [0.2, 0.25) is 0 Å². The average Bonchev–Trinajstić information content (AvgIpc) is 3.12. The third kappa shape index (κ3) is 7.57. The van der Waals surface area contributed by atoms with Crippen LogP contribution in [0.3, 0.4) is 0 Å². The van der Waals surface area contributed by atoms with Gasteiger partial charge in [0.15, 0.2) is 5.96 Å². The van der Waals surface area contributed by atoms with Gasteiger partial charge in [0.1, 0.15) is 5.75 Å². The number of guanidine groups is 1. The number of ether oxygens (including phenoxy) is 2. The maximum Gasteiger partial charge on any atom is 0.191 e. The largest absolute Gasteiger partial charge is 0.497 e. The molecule has 148 valence electrons. The van der Waals surface area contributed by atoms with Crippen LogP contribution in [0.1, 0.15) is 19.8 Å². The van der Waals surface area contributed by atoms with Gasteiger partial charge in [0.25, 0.3) is 0 Å². The molecule has 1 fully saturated rings. The van der Waals surface area contributed by atoms with Crippen molar-refractivity contribution < 1.29 is 9.47 Å². The summed E-state index contributed by atoms with van der Waals surface area (Å²) in [5.41, 5.74) is 1.23. The van der Waals surface area contributed by atoms with E-state index in [-0.39, 0.29) is 24.0 Å². The van der Waals surface area contributed by atoms with Crippen LogP contribution in [0.5, 0.6) is 5.75 Å². The van der Waals surface area contributed by atoms with Crippen LogP contribution in [0.4, 0.5) is 5.69 Å². The van der Waals surface area contributed by atoms with E-state index in [0.717, 1.165) is 57.5 Å². The van der Waals surface area contributed by atoms with Gasteiger partial charge >= 0.3 is 0 Å². The lowest BCUT2D eigenvalue weighted by atomic mass is 10.1. The maximum absolute atomic E-state index is 5.33. The summed E-state index contributed by atoms with van der Waals surface area (Å²) in [6.07, 6.45) is 2.15. The summed E-state index contributed by atoms with van der Waals surface area (Å²) in [4.78, 5) is 7.18. The zero-order valence-electron chi connectivity index (χ0n) is 16.2. The standard InChI is InChI=1S/C19H32N4O2.HI/c1-4-20-19(21-10-6-12-24-2)22-14-16-9-11-23(15-16)17-7-5-8-18(13-17)25-3;/h5,7-8,13,16H,4,6,9-12,14-15H2,1-3H3,(H2,20,21,22);1H. The minimum Gasteiger partial charge on any atom is -0.497 e. The Morgan fingerprint density at radius 1 is 1.31 bits per heavy atom. The highest BCUT2D eigenvalue weighted by molar-refractivity contribution is 14.0. The van der Waals surface area contributed by atoms with Crippen LogP contribution >= 0.6 is 24.0 Å². The highest BCUT2D eigenvalue weighted by Gasteiger charge is 2.22. The molecule has 1 saturated heterocycles. The van der Waals surface area contributed by atoms with E-state index in [1.165, 1.54) is 12.1 Å². The van der Waals surface area contributed by atoms with Gasteiger partial charge in [-0.15, -0.1) is 24.0 Å². The number of methoxy groups -OCH3 is 2. The lowest BCUT2D eigenvalue weighted by Gasteiger charge is -2.19. The highest BCUT2D eigenvalue weighted by atomic mass is 127. The Morgan fingerprint density at radius 2 is 2.15 bits per heavy atom. The second kappa shape index (κ2) is 13.0. The molecule has 26 heavy (non-hydrogen) atoms. The van der Waals surface area contributed by atoms with Crippen LogP contribution in [0, 0.1) is 5.92 Å². The molecule has 0 amide bonds. The molecule has 1 aromatic carbocycles. The molecule has 1 unspecified atom stereocenters. The molecule has 2 N–H and O–H groups in total. The minimum atomic E-state index is 0. The fourth-order valence-electron chi connectivity index (χ4n) is 3.01. The zero-order valence-corrected chi connectivity index (χ0v) is 18.5. The number of benzene rings is 1.